The van der Waals surface area contributed by atoms with Crippen LogP contribution in [-0.4, -0.2) is 42.6 Å². The maximum Gasteiger partial charge on any atom is 0.341 e. The number of amides is 1. The highest BCUT2D eigenvalue weighted by Gasteiger charge is 2.25. The van der Waals surface area contributed by atoms with Crippen LogP contribution in [0.2, 0.25) is 0 Å². The molecule has 0 aliphatic heterocycles. The number of nitrogens with zero attached hydrogens (tertiary/aromatic N) is 1. The molecule has 0 aliphatic carbocycles. The van der Waals surface area contributed by atoms with E-state index in [-0.39, 0.29) is 22.8 Å². The molecule has 1 N–H and O–H groups in total. The zero-order valence-corrected chi connectivity index (χ0v) is 18.2. The number of carbonyl (C=O) groups is 2. The average molecular weight is 434 g/mol. The second-order valence-corrected chi connectivity index (χ2v) is 7.31. The van der Waals surface area contributed by atoms with E-state index in [0.29, 0.717) is 19.5 Å². The molecule has 3 aromatic carbocycles. The Hall–Kier alpha value is -3.64. The van der Waals surface area contributed by atoms with Gasteiger partial charge in [0.2, 0.25) is 0 Å². The van der Waals surface area contributed by atoms with Gasteiger partial charge in [0.25, 0.3) is 5.91 Å². The number of aliphatic hydroxyl groups is 1. The van der Waals surface area contributed by atoms with Crippen LogP contribution in [0.4, 0.5) is 0 Å². The van der Waals surface area contributed by atoms with E-state index in [9.17, 15) is 14.7 Å². The molecule has 0 radical (unpaired) electrons. The van der Waals surface area contributed by atoms with Gasteiger partial charge in [-0.2, -0.15) is 0 Å². The highest BCUT2D eigenvalue weighted by Crippen LogP contribution is 2.27. The molecule has 0 bridgehead atoms. The van der Waals surface area contributed by atoms with E-state index in [4.69, 9.17) is 9.47 Å². The van der Waals surface area contributed by atoms with E-state index in [2.05, 4.69) is 0 Å². The molecule has 1 unspecified atom stereocenters. The van der Waals surface area contributed by atoms with E-state index < -0.39 is 12.1 Å². The number of hydrogen-bond acceptors (Lipinski definition) is 5. The van der Waals surface area contributed by atoms with Crippen LogP contribution in [0.1, 0.15) is 44.4 Å². The van der Waals surface area contributed by atoms with Gasteiger partial charge in [0.15, 0.2) is 0 Å². The lowest BCUT2D eigenvalue weighted by atomic mass is 10.0. The van der Waals surface area contributed by atoms with Crippen molar-refractivity contribution in [3.05, 3.63) is 101 Å². The van der Waals surface area contributed by atoms with Gasteiger partial charge in [-0.15, -0.1) is 0 Å². The zero-order valence-electron chi connectivity index (χ0n) is 18.2. The van der Waals surface area contributed by atoms with Crippen molar-refractivity contribution in [1.82, 2.24) is 4.90 Å². The molecule has 166 valence electrons. The Balaban J connectivity index is 1.89. The Morgan fingerprint density at radius 1 is 0.875 bits per heavy atom. The summed E-state index contributed by atoms with van der Waals surface area (Å²) in [5.41, 5.74) is 2.20. The molecule has 32 heavy (non-hydrogen) atoms. The van der Waals surface area contributed by atoms with Gasteiger partial charge >= 0.3 is 5.97 Å². The predicted octanol–water partition coefficient (Wildman–Crippen LogP) is 4.25. The number of para-hydroxylation sites is 1. The zero-order chi connectivity index (χ0) is 22.9. The summed E-state index contributed by atoms with van der Waals surface area (Å²) in [6.45, 7) is 0.669. The van der Waals surface area contributed by atoms with Gasteiger partial charge in [0.1, 0.15) is 11.3 Å². The van der Waals surface area contributed by atoms with Crippen molar-refractivity contribution in [1.29, 1.82) is 0 Å². The number of ether oxygens (including phenoxy) is 2. The van der Waals surface area contributed by atoms with Gasteiger partial charge in [-0.05, 0) is 29.7 Å². The normalized spacial score (nSPS) is 11.5. The summed E-state index contributed by atoms with van der Waals surface area (Å²) in [4.78, 5) is 27.3. The lowest BCUT2D eigenvalue weighted by molar-refractivity contribution is 0.0597. The van der Waals surface area contributed by atoms with Crippen LogP contribution >= 0.6 is 0 Å². The van der Waals surface area contributed by atoms with Crippen molar-refractivity contribution in [3.8, 4) is 5.75 Å². The largest absolute Gasteiger partial charge is 0.495 e. The van der Waals surface area contributed by atoms with Gasteiger partial charge in [0.05, 0.1) is 25.9 Å². The minimum atomic E-state index is -0.703. The summed E-state index contributed by atoms with van der Waals surface area (Å²) in [5, 5.41) is 10.6. The Labute approximate surface area is 188 Å². The smallest absolute Gasteiger partial charge is 0.341 e. The van der Waals surface area contributed by atoms with Crippen LogP contribution in [0.25, 0.3) is 0 Å². The Morgan fingerprint density at radius 3 is 2.12 bits per heavy atom. The molecule has 6 nitrogen and oxygen atoms in total. The van der Waals surface area contributed by atoms with Gasteiger partial charge in [-0.1, -0.05) is 66.7 Å². The van der Waals surface area contributed by atoms with Crippen LogP contribution in [-0.2, 0) is 11.3 Å². The first-order valence-corrected chi connectivity index (χ1v) is 10.4. The summed E-state index contributed by atoms with van der Waals surface area (Å²) >= 11 is 0. The van der Waals surface area contributed by atoms with Crippen LogP contribution in [0.15, 0.2) is 78.9 Å². The summed E-state index contributed by atoms with van der Waals surface area (Å²) < 4.78 is 10.2. The van der Waals surface area contributed by atoms with E-state index in [1.54, 1.807) is 23.1 Å². The molecule has 6 heteroatoms. The van der Waals surface area contributed by atoms with Crippen molar-refractivity contribution >= 4 is 11.9 Å². The molecule has 0 saturated carbocycles. The summed E-state index contributed by atoms with van der Waals surface area (Å²) in [6.07, 6.45) is -0.340. The molecule has 1 atom stereocenters. The molecular formula is C26H27NO5. The SMILES string of the molecule is COC(=O)c1cccc(C(=O)N(CCC(O)c2ccccc2)Cc2ccccc2)c1OC. The first kappa shape index (κ1) is 23.0. The number of methoxy groups -OCH3 is 2. The average Bonchev–Trinajstić information content (AvgIpc) is 2.86. The minimum Gasteiger partial charge on any atom is -0.495 e. The van der Waals surface area contributed by atoms with Crippen molar-refractivity contribution < 1.29 is 24.2 Å². The second-order valence-electron chi connectivity index (χ2n) is 7.31. The fraction of sp³-hybridized carbons (Fsp3) is 0.231. The van der Waals surface area contributed by atoms with Gasteiger partial charge in [-0.25, -0.2) is 4.79 Å². The van der Waals surface area contributed by atoms with Crippen molar-refractivity contribution in [3.63, 3.8) is 0 Å². The Bertz CT molecular complexity index is 1040. The molecule has 0 spiro atoms. The summed E-state index contributed by atoms with van der Waals surface area (Å²) in [6, 6.07) is 23.8. The quantitative estimate of drug-likeness (QED) is 0.511. The third kappa shape index (κ3) is 5.53. The molecule has 0 fully saturated rings. The van der Waals surface area contributed by atoms with Crippen molar-refractivity contribution in [2.75, 3.05) is 20.8 Å². The van der Waals surface area contributed by atoms with Crippen LogP contribution in [0.3, 0.4) is 0 Å². The molecule has 3 aromatic rings. The van der Waals surface area contributed by atoms with Gasteiger partial charge < -0.3 is 19.5 Å². The van der Waals surface area contributed by atoms with Crippen molar-refractivity contribution in [2.45, 2.75) is 19.1 Å². The molecule has 0 aromatic heterocycles. The number of esters is 1. The fourth-order valence-corrected chi connectivity index (χ4v) is 3.54. The third-order valence-corrected chi connectivity index (χ3v) is 5.22. The molecule has 1 amide bonds. The number of rotatable bonds is 9. The summed E-state index contributed by atoms with van der Waals surface area (Å²) in [5.74, 6) is -0.701. The molecule has 0 saturated heterocycles. The predicted molar refractivity (Wildman–Crippen MR) is 122 cm³/mol. The van der Waals surface area contributed by atoms with E-state index >= 15 is 0 Å². The molecule has 0 aliphatic rings. The van der Waals surface area contributed by atoms with E-state index in [0.717, 1.165) is 11.1 Å². The van der Waals surface area contributed by atoms with Crippen LogP contribution in [0.5, 0.6) is 5.75 Å². The van der Waals surface area contributed by atoms with E-state index in [1.165, 1.54) is 14.2 Å². The first-order chi connectivity index (χ1) is 15.5. The van der Waals surface area contributed by atoms with Gasteiger partial charge in [-0.3, -0.25) is 4.79 Å². The van der Waals surface area contributed by atoms with Crippen LogP contribution in [0, 0.1) is 0 Å². The lowest BCUT2D eigenvalue weighted by Gasteiger charge is -2.25. The van der Waals surface area contributed by atoms with E-state index in [1.807, 2.05) is 60.7 Å². The topological polar surface area (TPSA) is 76.1 Å². The fourth-order valence-electron chi connectivity index (χ4n) is 3.54. The minimum absolute atomic E-state index is 0.172. The maximum atomic E-state index is 13.6. The monoisotopic (exact) mass is 433 g/mol. The van der Waals surface area contributed by atoms with Crippen molar-refractivity contribution in [2.24, 2.45) is 0 Å². The number of hydrogen-bond donors (Lipinski definition) is 1. The number of benzene rings is 3. The maximum absolute atomic E-state index is 13.6. The second kappa shape index (κ2) is 11.1. The molecule has 3 rings (SSSR count). The first-order valence-electron chi connectivity index (χ1n) is 10.4. The number of carbonyl (C=O) groups excluding carboxylic acids is 2. The highest BCUT2D eigenvalue weighted by atomic mass is 16.5. The molecule has 0 heterocycles. The van der Waals surface area contributed by atoms with Crippen LogP contribution < -0.4 is 4.74 Å². The number of aliphatic hydroxyl groups excluding tert-OH is 1. The Morgan fingerprint density at radius 2 is 1.50 bits per heavy atom. The molecular weight excluding hydrogens is 406 g/mol. The third-order valence-electron chi connectivity index (χ3n) is 5.22. The highest BCUT2D eigenvalue weighted by molar-refractivity contribution is 6.02. The lowest BCUT2D eigenvalue weighted by Crippen LogP contribution is -2.33. The standard InChI is InChI=1S/C26H27NO5/c1-31-24-21(14-9-15-22(24)26(30)32-2)25(29)27(18-19-10-5-3-6-11-19)17-16-23(28)20-12-7-4-8-13-20/h3-15,23,28H,16-18H2,1-2H3. The summed E-state index contributed by atoms with van der Waals surface area (Å²) in [7, 11) is 2.70. The van der Waals surface area contributed by atoms with Gasteiger partial charge in [0, 0.05) is 13.1 Å². The Kier molecular flexibility index (Phi) is 8.00.